The van der Waals surface area contributed by atoms with Gasteiger partial charge < -0.3 is 4.42 Å². The molecule has 0 aliphatic rings. The molecule has 0 unspecified atom stereocenters. The minimum absolute atomic E-state index is 0.00382. The number of hydrogen-bond acceptors (Lipinski definition) is 7. The highest BCUT2D eigenvalue weighted by Gasteiger charge is 2.11. The Balaban J connectivity index is 2.09. The molecule has 24 heavy (non-hydrogen) atoms. The molecule has 120 valence electrons. The number of rotatable bonds is 3. The van der Waals surface area contributed by atoms with E-state index in [2.05, 4.69) is 9.98 Å². The van der Waals surface area contributed by atoms with Crippen LogP contribution in [0.5, 0.6) is 0 Å². The number of hydrogen-bond donors (Lipinski definition) is 2. The molecule has 0 bridgehead atoms. The maximum atomic E-state index is 12.3. The maximum absolute atomic E-state index is 12.3. The molecule has 2 N–H and O–H groups in total. The molecular weight excluding hydrogens is 320 g/mol. The van der Waals surface area contributed by atoms with Gasteiger partial charge in [0.25, 0.3) is 11.2 Å². The molecule has 0 amide bonds. The van der Waals surface area contributed by atoms with Gasteiger partial charge in [-0.3, -0.25) is 29.7 Å². The average molecular weight is 328 g/mol. The number of nitrogens with one attached hydrogen (secondary N) is 2. The van der Waals surface area contributed by atoms with E-state index in [4.69, 9.17) is 4.42 Å². The van der Waals surface area contributed by atoms with Crippen molar-refractivity contribution < 1.29 is 9.34 Å². The Morgan fingerprint density at radius 1 is 1.17 bits per heavy atom. The largest absolute Gasteiger partial charge is 0.463 e. The lowest BCUT2D eigenvalue weighted by Crippen LogP contribution is -2.20. The van der Waals surface area contributed by atoms with Crippen molar-refractivity contribution in [3.05, 3.63) is 77.3 Å². The molecule has 1 aromatic carbocycles. The number of nitro benzene ring substituents is 1. The first-order chi connectivity index (χ1) is 11.4. The lowest BCUT2D eigenvalue weighted by atomic mass is 10.1. The molecule has 0 saturated heterocycles. The van der Waals surface area contributed by atoms with Gasteiger partial charge in [-0.25, -0.2) is 9.79 Å². The van der Waals surface area contributed by atoms with Crippen LogP contribution in [-0.2, 0) is 0 Å². The number of aromatic amines is 2. The van der Waals surface area contributed by atoms with Gasteiger partial charge in [0.2, 0.25) is 5.43 Å². The summed E-state index contributed by atoms with van der Waals surface area (Å²) in [5.74, 6) is -0.0534. The summed E-state index contributed by atoms with van der Waals surface area (Å²) in [4.78, 5) is 52.9. The van der Waals surface area contributed by atoms with Crippen molar-refractivity contribution in [3.63, 3.8) is 0 Å². The van der Waals surface area contributed by atoms with Crippen LogP contribution in [0.2, 0.25) is 0 Å². The second kappa shape index (κ2) is 5.76. The molecule has 0 atom stereocenters. The summed E-state index contributed by atoms with van der Waals surface area (Å²) in [6, 6.07) is 4.68. The normalized spacial score (nSPS) is 11.2. The zero-order valence-electron chi connectivity index (χ0n) is 11.8. The number of fused-ring (bicyclic) bond motifs is 1. The van der Waals surface area contributed by atoms with Gasteiger partial charge in [-0.05, 0) is 6.07 Å². The van der Waals surface area contributed by atoms with Crippen molar-refractivity contribution in [2.45, 2.75) is 0 Å². The topological polar surface area (TPSA) is 151 Å². The molecule has 2 heterocycles. The quantitative estimate of drug-likeness (QED) is 0.412. The van der Waals surface area contributed by atoms with Gasteiger partial charge in [-0.1, -0.05) is 0 Å². The van der Waals surface area contributed by atoms with Gasteiger partial charge in [0.1, 0.15) is 17.7 Å². The second-order valence-electron chi connectivity index (χ2n) is 4.69. The van der Waals surface area contributed by atoms with Crippen molar-refractivity contribution in [2.75, 3.05) is 0 Å². The van der Waals surface area contributed by atoms with E-state index in [9.17, 15) is 24.5 Å². The van der Waals surface area contributed by atoms with E-state index in [0.717, 1.165) is 24.6 Å². The van der Waals surface area contributed by atoms with E-state index in [1.54, 1.807) is 0 Å². The average Bonchev–Trinajstić information content (AvgIpc) is 2.53. The molecule has 3 aromatic rings. The Kier molecular flexibility index (Phi) is 3.62. The van der Waals surface area contributed by atoms with Crippen molar-refractivity contribution in [3.8, 4) is 0 Å². The molecular formula is C14H8N4O6. The van der Waals surface area contributed by atoms with Gasteiger partial charge in [0.15, 0.2) is 0 Å². The Morgan fingerprint density at radius 3 is 2.67 bits per heavy atom. The highest BCUT2D eigenvalue weighted by atomic mass is 16.6. The summed E-state index contributed by atoms with van der Waals surface area (Å²) in [6.45, 7) is 0. The molecule has 0 fully saturated rings. The monoisotopic (exact) mass is 328 g/mol. The molecule has 0 spiro atoms. The predicted octanol–water partition coefficient (Wildman–Crippen LogP) is 0.828. The predicted molar refractivity (Wildman–Crippen MR) is 84.1 cm³/mol. The van der Waals surface area contributed by atoms with E-state index in [1.807, 2.05) is 4.98 Å². The summed E-state index contributed by atoms with van der Waals surface area (Å²) >= 11 is 0. The van der Waals surface area contributed by atoms with Crippen LogP contribution in [0.4, 0.5) is 11.5 Å². The first-order valence-corrected chi connectivity index (χ1v) is 6.52. The Bertz CT molecular complexity index is 1130. The van der Waals surface area contributed by atoms with Gasteiger partial charge in [-0.15, -0.1) is 0 Å². The van der Waals surface area contributed by atoms with Crippen LogP contribution in [0.1, 0.15) is 5.56 Å². The van der Waals surface area contributed by atoms with Crippen LogP contribution in [-0.4, -0.2) is 21.1 Å². The number of aliphatic imine (C=N–C) groups is 1. The number of H-pyrrole nitrogens is 2. The van der Waals surface area contributed by atoms with E-state index < -0.39 is 21.6 Å². The third kappa shape index (κ3) is 2.88. The summed E-state index contributed by atoms with van der Waals surface area (Å²) in [6.07, 6.45) is 2.22. The molecule has 0 aliphatic carbocycles. The van der Waals surface area contributed by atoms with Crippen LogP contribution in [0.3, 0.4) is 0 Å². The SMILES string of the molecule is O=c1cc(N=Cc2coc3ccc([N+](=O)[O-])cc3c2=O)[nH]c(=O)[nH]1. The lowest BCUT2D eigenvalue weighted by molar-refractivity contribution is -0.384. The van der Waals surface area contributed by atoms with Crippen LogP contribution >= 0.6 is 0 Å². The third-order valence-corrected chi connectivity index (χ3v) is 3.08. The molecule has 0 radical (unpaired) electrons. The van der Waals surface area contributed by atoms with E-state index in [-0.39, 0.29) is 28.0 Å². The zero-order chi connectivity index (χ0) is 17.3. The van der Waals surface area contributed by atoms with Crippen LogP contribution in [0.15, 0.2) is 54.3 Å². The molecule has 0 aliphatic heterocycles. The van der Waals surface area contributed by atoms with E-state index in [0.29, 0.717) is 0 Å². The molecule has 10 heteroatoms. The smallest absolute Gasteiger partial charge is 0.327 e. The first kappa shape index (κ1) is 15.1. The fourth-order valence-corrected chi connectivity index (χ4v) is 2.00. The first-order valence-electron chi connectivity index (χ1n) is 6.52. The Labute approximate surface area is 131 Å². The number of nitrogens with zero attached hydrogens (tertiary/aromatic N) is 2. The van der Waals surface area contributed by atoms with Gasteiger partial charge >= 0.3 is 5.69 Å². The number of aromatic nitrogens is 2. The summed E-state index contributed by atoms with van der Waals surface area (Å²) < 4.78 is 5.24. The number of benzene rings is 1. The highest BCUT2D eigenvalue weighted by Crippen LogP contribution is 2.18. The van der Waals surface area contributed by atoms with Crippen LogP contribution in [0.25, 0.3) is 11.0 Å². The lowest BCUT2D eigenvalue weighted by Gasteiger charge is -1.98. The number of nitro groups is 1. The van der Waals surface area contributed by atoms with Gasteiger partial charge in [0.05, 0.1) is 15.9 Å². The summed E-state index contributed by atoms with van der Waals surface area (Å²) in [7, 11) is 0. The molecule has 3 rings (SSSR count). The van der Waals surface area contributed by atoms with Crippen molar-refractivity contribution in [1.82, 2.24) is 9.97 Å². The summed E-state index contributed by atoms with van der Waals surface area (Å²) in [5.41, 5.74) is -1.97. The molecule has 10 nitrogen and oxygen atoms in total. The summed E-state index contributed by atoms with van der Waals surface area (Å²) in [5, 5.41) is 10.8. The Hall–Kier alpha value is -3.82. The minimum Gasteiger partial charge on any atom is -0.463 e. The maximum Gasteiger partial charge on any atom is 0.327 e. The molecule has 2 aromatic heterocycles. The van der Waals surface area contributed by atoms with Crippen molar-refractivity contribution in [1.29, 1.82) is 0 Å². The fraction of sp³-hybridized carbons (Fsp3) is 0. The van der Waals surface area contributed by atoms with Crippen molar-refractivity contribution in [2.24, 2.45) is 4.99 Å². The minimum atomic E-state index is -0.740. The highest BCUT2D eigenvalue weighted by molar-refractivity contribution is 5.88. The van der Waals surface area contributed by atoms with E-state index in [1.165, 1.54) is 12.1 Å². The number of non-ortho nitro benzene ring substituents is 1. The molecule has 0 saturated carbocycles. The fourth-order valence-electron chi connectivity index (χ4n) is 2.00. The van der Waals surface area contributed by atoms with E-state index >= 15 is 0 Å². The van der Waals surface area contributed by atoms with Crippen LogP contribution in [0, 0.1) is 10.1 Å². The standard InChI is InChI=1S/C14H8N4O6/c19-12-4-11(16-14(21)17-12)15-5-7-6-24-10-2-1-8(18(22)23)3-9(10)13(7)20/h1-6H,(H2,16,17,19,21). The zero-order valence-corrected chi connectivity index (χ0v) is 11.8. The van der Waals surface area contributed by atoms with Gasteiger partial charge in [0, 0.05) is 24.4 Å². The second-order valence-corrected chi connectivity index (χ2v) is 4.69. The Morgan fingerprint density at radius 2 is 1.96 bits per heavy atom. The van der Waals surface area contributed by atoms with Gasteiger partial charge in [-0.2, -0.15) is 0 Å². The van der Waals surface area contributed by atoms with Crippen LogP contribution < -0.4 is 16.7 Å². The third-order valence-electron chi connectivity index (χ3n) is 3.08. The van der Waals surface area contributed by atoms with Crippen molar-refractivity contribution >= 4 is 28.7 Å².